The first-order valence-corrected chi connectivity index (χ1v) is 6.21. The zero-order chi connectivity index (χ0) is 13.5. The Morgan fingerprint density at radius 3 is 2.12 bits per heavy atom. The van der Waals surface area contributed by atoms with Gasteiger partial charge in [-0.3, -0.25) is 9.59 Å². The number of alkyl halides is 2. The van der Waals surface area contributed by atoms with Crippen molar-refractivity contribution in [2.75, 3.05) is 6.54 Å². The lowest BCUT2D eigenvalue weighted by molar-refractivity contribution is -0.129. The minimum Gasteiger partial charge on any atom is -0.350 e. The Balaban J connectivity index is 2.38. The minimum absolute atomic E-state index is 0.0600. The van der Waals surface area contributed by atoms with E-state index < -0.39 is 9.75 Å². The molecule has 0 bridgehead atoms. The highest BCUT2D eigenvalue weighted by molar-refractivity contribution is 6.53. The van der Waals surface area contributed by atoms with Crippen LogP contribution in [-0.4, -0.2) is 28.2 Å². The maximum absolute atomic E-state index is 11.8. The molecule has 2 N–H and O–H groups in total. The number of carbonyl (C=O) groups is 2. The average Bonchev–Trinajstić information content (AvgIpc) is 2.60. The van der Waals surface area contributed by atoms with Crippen LogP contribution in [0.3, 0.4) is 0 Å². The number of nitrogens with one attached hydrogen (secondary N) is 2. The minimum atomic E-state index is -1.00. The van der Waals surface area contributed by atoms with Crippen LogP contribution < -0.4 is 10.6 Å². The Morgan fingerprint density at radius 2 is 1.76 bits per heavy atom. The van der Waals surface area contributed by atoms with E-state index in [2.05, 4.69) is 10.6 Å². The van der Waals surface area contributed by atoms with Crippen LogP contribution in [0.2, 0.25) is 0 Å². The van der Waals surface area contributed by atoms with Gasteiger partial charge in [0.25, 0.3) is 0 Å². The van der Waals surface area contributed by atoms with Crippen LogP contribution >= 0.6 is 23.2 Å². The smallest absolute Gasteiger partial charge is 0.239 e. The van der Waals surface area contributed by atoms with Crippen molar-refractivity contribution in [2.24, 2.45) is 5.41 Å². The van der Waals surface area contributed by atoms with E-state index in [4.69, 9.17) is 23.2 Å². The van der Waals surface area contributed by atoms with Gasteiger partial charge in [-0.1, -0.05) is 0 Å². The molecule has 0 heterocycles. The molecule has 1 fully saturated rings. The van der Waals surface area contributed by atoms with Crippen molar-refractivity contribution in [2.45, 2.75) is 44.0 Å². The molecule has 1 aliphatic carbocycles. The summed E-state index contributed by atoms with van der Waals surface area (Å²) in [6, 6.07) is 0. The van der Waals surface area contributed by atoms with Crippen LogP contribution in [0.1, 0.15) is 34.1 Å². The van der Waals surface area contributed by atoms with Gasteiger partial charge in [0.1, 0.15) is 4.33 Å². The van der Waals surface area contributed by atoms with Gasteiger partial charge in [0, 0.05) is 5.54 Å². The van der Waals surface area contributed by atoms with E-state index >= 15 is 0 Å². The van der Waals surface area contributed by atoms with Crippen LogP contribution in [0.25, 0.3) is 0 Å². The maximum atomic E-state index is 11.8. The summed E-state index contributed by atoms with van der Waals surface area (Å²) in [4.78, 5) is 23.2. The van der Waals surface area contributed by atoms with E-state index in [-0.39, 0.29) is 23.9 Å². The SMILES string of the molecule is CC(C)(C)NC(=O)CNC(=O)C1(C)CC1(Cl)Cl. The third-order valence-corrected chi connectivity index (χ3v) is 3.78. The van der Waals surface area contributed by atoms with E-state index in [1.807, 2.05) is 20.8 Å². The highest BCUT2D eigenvalue weighted by atomic mass is 35.5. The Morgan fingerprint density at radius 1 is 1.29 bits per heavy atom. The molecule has 1 rings (SSSR count). The molecule has 1 saturated carbocycles. The van der Waals surface area contributed by atoms with Crippen molar-refractivity contribution in [3.63, 3.8) is 0 Å². The first-order valence-electron chi connectivity index (χ1n) is 5.45. The molecule has 1 atom stereocenters. The number of amides is 2. The highest BCUT2D eigenvalue weighted by Crippen LogP contribution is 2.63. The lowest BCUT2D eigenvalue weighted by atomic mass is 10.1. The summed E-state index contributed by atoms with van der Waals surface area (Å²) < 4.78 is -1.00. The van der Waals surface area contributed by atoms with E-state index in [1.54, 1.807) is 6.92 Å². The van der Waals surface area contributed by atoms with Crippen LogP contribution in [0.5, 0.6) is 0 Å². The highest BCUT2D eigenvalue weighted by Gasteiger charge is 2.67. The maximum Gasteiger partial charge on any atom is 0.239 e. The second-order valence-electron chi connectivity index (χ2n) is 5.69. The van der Waals surface area contributed by atoms with E-state index in [9.17, 15) is 9.59 Å². The van der Waals surface area contributed by atoms with Gasteiger partial charge in [-0.15, -0.1) is 23.2 Å². The first-order chi connectivity index (χ1) is 7.48. The normalized spacial score (nSPS) is 26.2. The summed E-state index contributed by atoms with van der Waals surface area (Å²) in [7, 11) is 0. The summed E-state index contributed by atoms with van der Waals surface area (Å²) in [5.41, 5.74) is -1.09. The van der Waals surface area contributed by atoms with Gasteiger partial charge in [-0.2, -0.15) is 0 Å². The van der Waals surface area contributed by atoms with Gasteiger partial charge in [0.15, 0.2) is 0 Å². The fourth-order valence-electron chi connectivity index (χ4n) is 1.46. The molecule has 98 valence electrons. The van der Waals surface area contributed by atoms with Gasteiger partial charge in [0.05, 0.1) is 12.0 Å². The molecular weight excluding hydrogens is 263 g/mol. The Kier molecular flexibility index (Phi) is 3.71. The van der Waals surface area contributed by atoms with Crippen molar-refractivity contribution in [1.29, 1.82) is 0 Å². The van der Waals surface area contributed by atoms with E-state index in [0.29, 0.717) is 6.42 Å². The molecule has 4 nitrogen and oxygen atoms in total. The zero-order valence-electron chi connectivity index (χ0n) is 10.5. The standard InChI is InChI=1S/C11H18Cl2N2O2/c1-9(2,3)15-7(16)5-14-8(17)10(4)6-11(10,12)13/h5-6H2,1-4H3,(H,14,17)(H,15,16). The fraction of sp³-hybridized carbons (Fsp3) is 0.818. The van der Waals surface area contributed by atoms with Crippen molar-refractivity contribution >= 4 is 35.0 Å². The molecule has 0 aromatic carbocycles. The van der Waals surface area contributed by atoms with Gasteiger partial charge in [0.2, 0.25) is 11.8 Å². The van der Waals surface area contributed by atoms with Gasteiger partial charge < -0.3 is 10.6 Å². The third-order valence-electron chi connectivity index (χ3n) is 2.68. The van der Waals surface area contributed by atoms with Crippen LogP contribution in [0.4, 0.5) is 0 Å². The predicted molar refractivity (Wildman–Crippen MR) is 68.1 cm³/mol. The van der Waals surface area contributed by atoms with Crippen molar-refractivity contribution in [3.05, 3.63) is 0 Å². The van der Waals surface area contributed by atoms with Crippen LogP contribution in [0.15, 0.2) is 0 Å². The lowest BCUT2D eigenvalue weighted by Gasteiger charge is -2.21. The molecule has 0 spiro atoms. The predicted octanol–water partition coefficient (Wildman–Crippen LogP) is 1.60. The molecule has 1 unspecified atom stereocenters. The number of hydrogen-bond donors (Lipinski definition) is 2. The van der Waals surface area contributed by atoms with Crippen LogP contribution in [-0.2, 0) is 9.59 Å². The summed E-state index contributed by atoms with van der Waals surface area (Å²) in [5.74, 6) is -0.517. The van der Waals surface area contributed by atoms with Crippen molar-refractivity contribution < 1.29 is 9.59 Å². The molecule has 0 saturated heterocycles. The topological polar surface area (TPSA) is 58.2 Å². The van der Waals surface area contributed by atoms with E-state index in [1.165, 1.54) is 0 Å². The molecule has 0 radical (unpaired) electrons. The van der Waals surface area contributed by atoms with Crippen molar-refractivity contribution in [1.82, 2.24) is 10.6 Å². The van der Waals surface area contributed by atoms with Gasteiger partial charge in [-0.05, 0) is 34.1 Å². The number of carbonyl (C=O) groups excluding carboxylic acids is 2. The summed E-state index contributed by atoms with van der Waals surface area (Å²) in [6.45, 7) is 7.24. The Labute approximate surface area is 111 Å². The number of halogens is 2. The molecule has 17 heavy (non-hydrogen) atoms. The summed E-state index contributed by atoms with van der Waals surface area (Å²) >= 11 is 11.7. The first kappa shape index (κ1) is 14.6. The lowest BCUT2D eigenvalue weighted by Crippen LogP contribution is -2.47. The average molecular weight is 281 g/mol. The van der Waals surface area contributed by atoms with Gasteiger partial charge >= 0.3 is 0 Å². The molecule has 6 heteroatoms. The quantitative estimate of drug-likeness (QED) is 0.772. The fourth-order valence-corrected chi connectivity index (χ4v) is 2.17. The van der Waals surface area contributed by atoms with Gasteiger partial charge in [-0.25, -0.2) is 0 Å². The number of hydrogen-bond acceptors (Lipinski definition) is 2. The Bertz CT molecular complexity index is 350. The second kappa shape index (κ2) is 4.32. The molecule has 2 amide bonds. The zero-order valence-corrected chi connectivity index (χ0v) is 12.0. The molecule has 1 aliphatic rings. The summed E-state index contributed by atoms with van der Waals surface area (Å²) in [5, 5.41) is 5.29. The van der Waals surface area contributed by atoms with E-state index in [0.717, 1.165) is 0 Å². The number of rotatable bonds is 3. The van der Waals surface area contributed by atoms with Crippen molar-refractivity contribution in [3.8, 4) is 0 Å². The third kappa shape index (κ3) is 3.49. The molecule has 0 aromatic heterocycles. The molecule has 0 aromatic rings. The Hall–Kier alpha value is -0.480. The van der Waals surface area contributed by atoms with Crippen LogP contribution in [0, 0.1) is 5.41 Å². The monoisotopic (exact) mass is 280 g/mol. The second-order valence-corrected chi connectivity index (χ2v) is 7.18. The summed E-state index contributed by atoms with van der Waals surface area (Å²) in [6.07, 6.45) is 0.413. The molecule has 0 aliphatic heterocycles. The largest absolute Gasteiger partial charge is 0.350 e. The molecular formula is C11H18Cl2N2O2.